The zero-order chi connectivity index (χ0) is 18.5. The van der Waals surface area contributed by atoms with Gasteiger partial charge in [0.1, 0.15) is 11.6 Å². The van der Waals surface area contributed by atoms with Crippen LogP contribution in [-0.4, -0.2) is 29.9 Å². The van der Waals surface area contributed by atoms with Crippen molar-refractivity contribution >= 4 is 11.9 Å². The smallest absolute Gasteiger partial charge is 0.342 e. The standard InChI is InChI=1S/C20H19F2NO3/c21-15-9-10-16(17(22)13-15)20(25)26-18(14-7-3-1-4-8-14)19(24)23-11-5-2-6-12-23/h1,3-4,7-10,13,18H,2,5-6,11-12H2/t18-/m0/s1. The maximum Gasteiger partial charge on any atom is 0.342 e. The molecule has 0 aromatic heterocycles. The second-order valence-corrected chi connectivity index (χ2v) is 6.21. The molecular weight excluding hydrogens is 340 g/mol. The number of benzene rings is 2. The molecule has 26 heavy (non-hydrogen) atoms. The summed E-state index contributed by atoms with van der Waals surface area (Å²) in [4.78, 5) is 27.0. The van der Waals surface area contributed by atoms with E-state index in [9.17, 15) is 18.4 Å². The zero-order valence-electron chi connectivity index (χ0n) is 14.2. The molecule has 1 heterocycles. The molecule has 1 aliphatic heterocycles. The molecule has 1 aliphatic rings. The minimum absolute atomic E-state index is 0.327. The van der Waals surface area contributed by atoms with Crippen molar-refractivity contribution in [2.24, 2.45) is 0 Å². The lowest BCUT2D eigenvalue weighted by Crippen LogP contribution is -2.40. The van der Waals surface area contributed by atoms with E-state index in [0.29, 0.717) is 24.7 Å². The summed E-state index contributed by atoms with van der Waals surface area (Å²) in [6.45, 7) is 1.20. The quantitative estimate of drug-likeness (QED) is 0.779. The molecule has 0 bridgehead atoms. The first-order valence-corrected chi connectivity index (χ1v) is 8.56. The third-order valence-electron chi connectivity index (χ3n) is 4.37. The maximum atomic E-state index is 13.9. The van der Waals surface area contributed by atoms with Crippen molar-refractivity contribution in [1.82, 2.24) is 4.90 Å². The third kappa shape index (κ3) is 4.07. The Morgan fingerprint density at radius 1 is 0.962 bits per heavy atom. The van der Waals surface area contributed by atoms with Crippen LogP contribution in [0.15, 0.2) is 48.5 Å². The Hall–Kier alpha value is -2.76. The summed E-state index contributed by atoms with van der Waals surface area (Å²) in [5.74, 6) is -3.14. The van der Waals surface area contributed by atoms with Crippen LogP contribution in [0.25, 0.3) is 0 Å². The number of nitrogens with zero attached hydrogens (tertiary/aromatic N) is 1. The van der Waals surface area contributed by atoms with Gasteiger partial charge in [0.25, 0.3) is 5.91 Å². The fourth-order valence-electron chi connectivity index (χ4n) is 2.99. The van der Waals surface area contributed by atoms with Crippen LogP contribution in [0.5, 0.6) is 0 Å². The van der Waals surface area contributed by atoms with Crippen LogP contribution in [0.3, 0.4) is 0 Å². The van der Waals surface area contributed by atoms with E-state index in [1.54, 1.807) is 35.2 Å². The van der Waals surface area contributed by atoms with Gasteiger partial charge >= 0.3 is 5.97 Å². The molecule has 0 unspecified atom stereocenters. The van der Waals surface area contributed by atoms with E-state index >= 15 is 0 Å². The molecule has 4 nitrogen and oxygen atoms in total. The average molecular weight is 359 g/mol. The number of likely N-dealkylation sites (tertiary alicyclic amines) is 1. The van der Waals surface area contributed by atoms with Crippen molar-refractivity contribution in [2.45, 2.75) is 25.4 Å². The Labute approximate surface area is 150 Å². The molecule has 0 saturated carbocycles. The van der Waals surface area contributed by atoms with Crippen LogP contribution in [0.4, 0.5) is 8.78 Å². The molecule has 0 aliphatic carbocycles. The molecule has 1 atom stereocenters. The highest BCUT2D eigenvalue weighted by Gasteiger charge is 2.31. The van der Waals surface area contributed by atoms with E-state index in [1.807, 2.05) is 0 Å². The molecule has 6 heteroatoms. The zero-order valence-corrected chi connectivity index (χ0v) is 14.2. The Kier molecular flexibility index (Phi) is 5.61. The van der Waals surface area contributed by atoms with Crippen LogP contribution in [-0.2, 0) is 9.53 Å². The summed E-state index contributed by atoms with van der Waals surface area (Å²) >= 11 is 0. The van der Waals surface area contributed by atoms with Crippen molar-refractivity contribution in [1.29, 1.82) is 0 Å². The van der Waals surface area contributed by atoms with Crippen molar-refractivity contribution in [2.75, 3.05) is 13.1 Å². The normalized spacial score (nSPS) is 15.4. The van der Waals surface area contributed by atoms with Gasteiger partial charge in [-0.1, -0.05) is 30.3 Å². The Morgan fingerprint density at radius 3 is 2.31 bits per heavy atom. The SMILES string of the molecule is O=C(O[C@H](C(=O)N1CCCCC1)c1ccccc1)c1ccc(F)cc1F. The van der Waals surface area contributed by atoms with E-state index in [2.05, 4.69) is 0 Å². The molecule has 0 radical (unpaired) electrons. The minimum atomic E-state index is -1.16. The molecule has 136 valence electrons. The number of hydrogen-bond acceptors (Lipinski definition) is 3. The lowest BCUT2D eigenvalue weighted by molar-refractivity contribution is -0.142. The first-order chi connectivity index (χ1) is 12.6. The first-order valence-electron chi connectivity index (χ1n) is 8.56. The maximum absolute atomic E-state index is 13.9. The Morgan fingerprint density at radius 2 is 1.65 bits per heavy atom. The Balaban J connectivity index is 1.85. The number of hydrogen-bond donors (Lipinski definition) is 0. The molecule has 1 fully saturated rings. The molecule has 1 amide bonds. The van der Waals surface area contributed by atoms with Gasteiger partial charge in [-0.05, 0) is 31.4 Å². The average Bonchev–Trinajstić information content (AvgIpc) is 2.67. The number of rotatable bonds is 4. The molecule has 1 saturated heterocycles. The highest BCUT2D eigenvalue weighted by atomic mass is 19.1. The highest BCUT2D eigenvalue weighted by molar-refractivity contribution is 5.93. The summed E-state index contributed by atoms with van der Waals surface area (Å²) in [6, 6.07) is 11.2. The van der Waals surface area contributed by atoms with Crippen LogP contribution in [0.2, 0.25) is 0 Å². The van der Waals surface area contributed by atoms with E-state index in [1.165, 1.54) is 0 Å². The second-order valence-electron chi connectivity index (χ2n) is 6.21. The number of ether oxygens (including phenoxy) is 1. The molecular formula is C20H19F2NO3. The Bertz CT molecular complexity index is 789. The van der Waals surface area contributed by atoms with Gasteiger partial charge in [-0.25, -0.2) is 13.6 Å². The van der Waals surface area contributed by atoms with Crippen molar-refractivity contribution in [3.8, 4) is 0 Å². The highest BCUT2D eigenvalue weighted by Crippen LogP contribution is 2.24. The summed E-state index contributed by atoms with van der Waals surface area (Å²) in [5.41, 5.74) is 0.109. The monoisotopic (exact) mass is 359 g/mol. The number of piperidine rings is 1. The van der Waals surface area contributed by atoms with Crippen LogP contribution in [0.1, 0.15) is 41.3 Å². The molecule has 0 spiro atoms. The summed E-state index contributed by atoms with van der Waals surface area (Å²) < 4.78 is 32.3. The van der Waals surface area contributed by atoms with Crippen LogP contribution >= 0.6 is 0 Å². The molecule has 2 aromatic rings. The van der Waals surface area contributed by atoms with Crippen LogP contribution < -0.4 is 0 Å². The van der Waals surface area contributed by atoms with Gasteiger partial charge in [0, 0.05) is 24.7 Å². The largest absolute Gasteiger partial charge is 0.444 e. The van der Waals surface area contributed by atoms with Gasteiger partial charge in [-0.2, -0.15) is 0 Å². The second kappa shape index (κ2) is 8.08. The predicted molar refractivity (Wildman–Crippen MR) is 91.4 cm³/mol. The fraction of sp³-hybridized carbons (Fsp3) is 0.300. The summed E-state index contributed by atoms with van der Waals surface area (Å²) in [7, 11) is 0. The summed E-state index contributed by atoms with van der Waals surface area (Å²) in [5, 5.41) is 0. The number of esters is 1. The van der Waals surface area contributed by atoms with E-state index in [0.717, 1.165) is 31.4 Å². The molecule has 2 aromatic carbocycles. The van der Waals surface area contributed by atoms with Crippen molar-refractivity contribution in [3.05, 3.63) is 71.3 Å². The van der Waals surface area contributed by atoms with Crippen LogP contribution in [0, 0.1) is 11.6 Å². The van der Waals surface area contributed by atoms with Gasteiger partial charge in [-0.3, -0.25) is 4.79 Å². The number of halogens is 2. The predicted octanol–water partition coefficient (Wildman–Crippen LogP) is 3.88. The van der Waals surface area contributed by atoms with Gasteiger partial charge in [0.05, 0.1) is 5.56 Å². The van der Waals surface area contributed by atoms with Gasteiger partial charge in [-0.15, -0.1) is 0 Å². The third-order valence-corrected chi connectivity index (χ3v) is 4.37. The molecule has 0 N–H and O–H groups in total. The van der Waals surface area contributed by atoms with Gasteiger partial charge in [0.2, 0.25) is 6.10 Å². The van der Waals surface area contributed by atoms with E-state index < -0.39 is 29.3 Å². The summed E-state index contributed by atoms with van der Waals surface area (Å²) in [6.07, 6.45) is 1.69. The fourth-order valence-corrected chi connectivity index (χ4v) is 2.99. The van der Waals surface area contributed by atoms with E-state index in [-0.39, 0.29) is 5.91 Å². The van der Waals surface area contributed by atoms with Gasteiger partial charge < -0.3 is 9.64 Å². The topological polar surface area (TPSA) is 46.6 Å². The minimum Gasteiger partial charge on any atom is -0.444 e. The number of amides is 1. The number of carbonyl (C=O) groups excluding carboxylic acids is 2. The molecule has 3 rings (SSSR count). The van der Waals surface area contributed by atoms with E-state index in [4.69, 9.17) is 4.74 Å². The van der Waals surface area contributed by atoms with Gasteiger partial charge in [0.15, 0.2) is 0 Å². The lowest BCUT2D eigenvalue weighted by Gasteiger charge is -2.30. The first kappa shape index (κ1) is 18.0. The van der Waals surface area contributed by atoms with Crippen molar-refractivity contribution in [3.63, 3.8) is 0 Å². The number of carbonyl (C=O) groups is 2. The lowest BCUT2D eigenvalue weighted by atomic mass is 10.1. The van der Waals surface area contributed by atoms with Crippen molar-refractivity contribution < 1.29 is 23.1 Å².